The van der Waals surface area contributed by atoms with Crippen LogP contribution < -0.4 is 14.4 Å². The van der Waals surface area contributed by atoms with Crippen molar-refractivity contribution in [1.82, 2.24) is 15.2 Å². The number of thioether (sulfide) groups is 1. The number of methoxy groups -OCH3 is 1. The predicted octanol–water partition coefficient (Wildman–Crippen LogP) is 6.58. The van der Waals surface area contributed by atoms with Crippen LogP contribution in [0.4, 0.5) is 9.52 Å². The first-order chi connectivity index (χ1) is 21.9. The molecule has 0 bridgehead atoms. The molecule has 3 heterocycles. The van der Waals surface area contributed by atoms with Crippen LogP contribution in [0, 0.1) is 5.82 Å². The van der Waals surface area contributed by atoms with Gasteiger partial charge in [-0.25, -0.2) is 4.39 Å². The molecule has 3 aromatic carbocycles. The molecule has 0 aliphatic carbocycles. The number of ether oxygens (including phenoxy) is 2. The van der Waals surface area contributed by atoms with Gasteiger partial charge in [0.1, 0.15) is 18.2 Å². The number of amides is 1. The van der Waals surface area contributed by atoms with Crippen molar-refractivity contribution in [1.29, 1.82) is 0 Å². The summed E-state index contributed by atoms with van der Waals surface area (Å²) >= 11 is 2.35. The van der Waals surface area contributed by atoms with Crippen LogP contribution in [0.15, 0.2) is 107 Å². The predicted molar refractivity (Wildman–Crippen MR) is 169 cm³/mol. The fourth-order valence-corrected chi connectivity index (χ4v) is 6.69. The average Bonchev–Trinajstić information content (AvgIpc) is 3.65. The number of carbonyl (C=O) groups is 2. The van der Waals surface area contributed by atoms with Crippen molar-refractivity contribution in [3.05, 3.63) is 131 Å². The maximum Gasteiger partial charge on any atom is 0.301 e. The largest absolute Gasteiger partial charge is 0.507 e. The van der Waals surface area contributed by atoms with Gasteiger partial charge in [0.15, 0.2) is 15.8 Å². The van der Waals surface area contributed by atoms with E-state index in [9.17, 15) is 19.1 Å². The van der Waals surface area contributed by atoms with Gasteiger partial charge in [0.05, 0.1) is 18.7 Å². The molecule has 1 aliphatic heterocycles. The van der Waals surface area contributed by atoms with Crippen molar-refractivity contribution in [2.45, 2.75) is 22.7 Å². The van der Waals surface area contributed by atoms with Crippen LogP contribution in [0.1, 0.15) is 28.3 Å². The molecular weight excluding hydrogens is 616 g/mol. The fraction of sp³-hybridized carbons (Fsp3) is 0.121. The van der Waals surface area contributed by atoms with Crippen molar-refractivity contribution >= 4 is 45.7 Å². The van der Waals surface area contributed by atoms with Crippen LogP contribution in [0.2, 0.25) is 0 Å². The van der Waals surface area contributed by atoms with Crippen molar-refractivity contribution < 1.29 is 28.6 Å². The molecule has 1 N–H and O–H groups in total. The van der Waals surface area contributed by atoms with E-state index in [0.717, 1.165) is 16.9 Å². The first kappa shape index (κ1) is 30.0. The van der Waals surface area contributed by atoms with E-state index < -0.39 is 17.7 Å². The van der Waals surface area contributed by atoms with Crippen molar-refractivity contribution in [2.24, 2.45) is 0 Å². The van der Waals surface area contributed by atoms with Gasteiger partial charge in [0.2, 0.25) is 5.13 Å². The van der Waals surface area contributed by atoms with Crippen molar-refractivity contribution in [3.63, 3.8) is 0 Å². The summed E-state index contributed by atoms with van der Waals surface area (Å²) in [5.41, 5.74) is 2.14. The fourth-order valence-electron chi connectivity index (χ4n) is 4.83. The molecule has 0 radical (unpaired) electrons. The van der Waals surface area contributed by atoms with E-state index >= 15 is 0 Å². The Morgan fingerprint density at radius 2 is 1.73 bits per heavy atom. The highest BCUT2D eigenvalue weighted by Gasteiger charge is 2.48. The second-order valence-electron chi connectivity index (χ2n) is 9.82. The zero-order chi connectivity index (χ0) is 31.3. The summed E-state index contributed by atoms with van der Waals surface area (Å²) in [5.74, 6) is -1.32. The normalized spacial score (nSPS) is 15.8. The van der Waals surface area contributed by atoms with Gasteiger partial charge >= 0.3 is 5.91 Å². The van der Waals surface area contributed by atoms with Crippen LogP contribution in [0.25, 0.3) is 5.76 Å². The van der Waals surface area contributed by atoms with E-state index in [-0.39, 0.29) is 22.3 Å². The van der Waals surface area contributed by atoms with E-state index in [1.807, 2.05) is 30.3 Å². The number of Topliss-reactive ketones (excluding diaryl/α,β-unsaturated/α-hetero) is 1. The maximum atomic E-state index is 14.2. The molecule has 1 atom stereocenters. The molecule has 1 aliphatic rings. The Morgan fingerprint density at radius 1 is 0.978 bits per heavy atom. The minimum absolute atomic E-state index is 0.123. The Morgan fingerprint density at radius 3 is 2.49 bits per heavy atom. The third kappa shape index (κ3) is 6.28. The summed E-state index contributed by atoms with van der Waals surface area (Å²) in [6.07, 6.45) is 2.96. The molecule has 45 heavy (non-hydrogen) atoms. The van der Waals surface area contributed by atoms with Crippen molar-refractivity contribution in [2.75, 3.05) is 12.0 Å². The number of aliphatic hydroxyl groups excluding tert-OH is 1. The minimum Gasteiger partial charge on any atom is -0.507 e. The summed E-state index contributed by atoms with van der Waals surface area (Å²) in [6.45, 7) is 0.301. The minimum atomic E-state index is -1.06. The van der Waals surface area contributed by atoms with E-state index in [0.29, 0.717) is 44.9 Å². The van der Waals surface area contributed by atoms with Gasteiger partial charge in [0, 0.05) is 23.7 Å². The lowest BCUT2D eigenvalue weighted by molar-refractivity contribution is -0.132. The lowest BCUT2D eigenvalue weighted by atomic mass is 9.95. The molecule has 1 fully saturated rings. The summed E-state index contributed by atoms with van der Waals surface area (Å²) in [4.78, 5) is 32.3. The Labute approximate surface area is 266 Å². The summed E-state index contributed by atoms with van der Waals surface area (Å²) < 4.78 is 26.3. The highest BCUT2D eigenvalue weighted by molar-refractivity contribution is 8.00. The second-order valence-corrected chi connectivity index (χ2v) is 12.0. The van der Waals surface area contributed by atoms with Gasteiger partial charge < -0.3 is 14.6 Å². The molecule has 5 aromatic rings. The van der Waals surface area contributed by atoms with Crippen LogP contribution in [0.5, 0.6) is 11.5 Å². The number of aromatic nitrogens is 3. The van der Waals surface area contributed by atoms with Gasteiger partial charge in [-0.2, -0.15) is 0 Å². The molecule has 226 valence electrons. The van der Waals surface area contributed by atoms with Crippen LogP contribution in [0.3, 0.4) is 0 Å². The molecule has 0 spiro atoms. The topological polar surface area (TPSA) is 115 Å². The molecule has 1 saturated heterocycles. The number of carbonyl (C=O) groups excluding carboxylic acids is 2. The zero-order valence-electron chi connectivity index (χ0n) is 23.8. The number of rotatable bonds is 10. The number of hydrogen-bond acceptors (Lipinski definition) is 10. The number of pyridine rings is 1. The number of benzene rings is 3. The van der Waals surface area contributed by atoms with Crippen LogP contribution >= 0.6 is 23.1 Å². The van der Waals surface area contributed by atoms with Gasteiger partial charge in [-0.3, -0.25) is 19.5 Å². The number of hydrogen-bond donors (Lipinski definition) is 1. The van der Waals surface area contributed by atoms with Gasteiger partial charge in [-0.15, -0.1) is 10.2 Å². The molecule has 6 rings (SSSR count). The molecule has 1 unspecified atom stereocenters. The Hall–Kier alpha value is -5.07. The quantitative estimate of drug-likeness (QED) is 0.0595. The van der Waals surface area contributed by atoms with E-state index in [1.165, 1.54) is 42.2 Å². The highest BCUT2D eigenvalue weighted by atomic mass is 32.2. The lowest BCUT2D eigenvalue weighted by Gasteiger charge is -2.23. The third-order valence-corrected chi connectivity index (χ3v) is 9.15. The zero-order valence-corrected chi connectivity index (χ0v) is 25.4. The lowest BCUT2D eigenvalue weighted by Crippen LogP contribution is -2.29. The number of halogens is 1. The number of ketones is 1. The van der Waals surface area contributed by atoms with E-state index in [2.05, 4.69) is 15.2 Å². The van der Waals surface area contributed by atoms with Gasteiger partial charge in [0.25, 0.3) is 5.78 Å². The molecule has 12 heteroatoms. The molecule has 2 aromatic heterocycles. The SMILES string of the molecule is COc1cc(C2/C(=C(\O)c3ccncc3)C(=O)C(=O)N2c2nnc(SCc3ccccc3F)s2)ccc1OCc1ccccc1. The number of nitrogens with zero attached hydrogens (tertiary/aromatic N) is 4. The first-order valence-electron chi connectivity index (χ1n) is 13.7. The van der Waals surface area contributed by atoms with Crippen molar-refractivity contribution in [3.8, 4) is 11.5 Å². The van der Waals surface area contributed by atoms with Crippen LogP contribution in [-0.2, 0) is 21.9 Å². The Balaban J connectivity index is 1.37. The third-order valence-electron chi connectivity index (χ3n) is 7.05. The summed E-state index contributed by atoms with van der Waals surface area (Å²) in [5, 5.41) is 19.9. The second kappa shape index (κ2) is 13.3. The monoisotopic (exact) mass is 640 g/mol. The van der Waals surface area contributed by atoms with E-state index in [4.69, 9.17) is 9.47 Å². The Kier molecular flexibility index (Phi) is 8.85. The average molecular weight is 641 g/mol. The maximum absolute atomic E-state index is 14.2. The molecule has 9 nitrogen and oxygen atoms in total. The highest BCUT2D eigenvalue weighted by Crippen LogP contribution is 2.45. The first-order valence-corrected chi connectivity index (χ1v) is 15.5. The number of anilines is 1. The van der Waals surface area contributed by atoms with Crippen LogP contribution in [-0.4, -0.2) is 39.1 Å². The molecular formula is C33H25FN4O5S2. The molecule has 1 amide bonds. The van der Waals surface area contributed by atoms with Gasteiger partial charge in [-0.05, 0) is 47.0 Å². The molecule has 0 saturated carbocycles. The smallest absolute Gasteiger partial charge is 0.301 e. The summed E-state index contributed by atoms with van der Waals surface area (Å²) in [7, 11) is 1.49. The Bertz CT molecular complexity index is 1880. The summed E-state index contributed by atoms with van der Waals surface area (Å²) in [6, 6.07) is 23.2. The number of aliphatic hydroxyl groups is 1. The standard InChI is InChI=1S/C33H25FN4O5S2/c1-42-26-17-22(11-12-25(26)43-18-20-7-3-2-4-8-20)28-27(29(39)21-13-15-35-16-14-21)30(40)31(41)38(28)32-36-37-33(45-32)44-19-23-9-5-6-10-24(23)34/h2-17,28,39H,18-19H2,1H3/b29-27+. The van der Waals surface area contributed by atoms with Gasteiger partial charge in [-0.1, -0.05) is 77.7 Å². The van der Waals surface area contributed by atoms with E-state index in [1.54, 1.807) is 48.5 Å².